The monoisotopic (exact) mass is 1350 g/mol. The molecule has 0 aromatic heterocycles. The molecule has 4 heteroatoms. The van der Waals surface area contributed by atoms with Crippen LogP contribution in [0.2, 0.25) is 0 Å². The first-order valence-electron chi connectivity index (χ1n) is 35.2. The van der Waals surface area contributed by atoms with Crippen molar-refractivity contribution in [2.45, 2.75) is 188 Å². The number of aryl methyl sites for hydroxylation is 12. The molecule has 0 aliphatic rings. The summed E-state index contributed by atoms with van der Waals surface area (Å²) < 4.78 is 0. The quantitative estimate of drug-likeness (QED) is 0.107. The van der Waals surface area contributed by atoms with Gasteiger partial charge in [-0.1, -0.05) is 287 Å². The second kappa shape index (κ2) is 28.0. The zero-order valence-electron chi connectivity index (χ0n) is 63.1. The number of hydrogen-bond donors (Lipinski definition) is 0. The Morgan fingerprint density at radius 2 is 0.357 bits per heavy atom. The van der Waals surface area contributed by atoms with Crippen LogP contribution in [0.5, 0.6) is 0 Å². The van der Waals surface area contributed by atoms with E-state index < -0.39 is 0 Å². The van der Waals surface area contributed by atoms with Crippen molar-refractivity contribution in [3.8, 4) is 89.0 Å². The summed E-state index contributed by atoms with van der Waals surface area (Å²) in [5.74, 6) is 0. The summed E-state index contributed by atoms with van der Waals surface area (Å²) >= 11 is 0. The molecule has 0 saturated heterocycles. The molecule has 0 heterocycles. The van der Waals surface area contributed by atoms with Crippen LogP contribution in [0.1, 0.15) is 172 Å². The Morgan fingerprint density at radius 1 is 0.194 bits per heavy atom. The molecule has 498 valence electrons. The lowest BCUT2D eigenvalue weighted by molar-refractivity contribution is 0.590. The summed E-state index contributed by atoms with van der Waals surface area (Å²) in [6.45, 7) is 55.7. The van der Waals surface area contributed by atoms with E-state index in [2.05, 4.69) is 348 Å². The fraction of sp³-hybridized carbons (Fsp3) is 0.298. The minimum atomic E-state index is -0.0540. The Balaban J connectivity index is 1.42. The van der Waals surface area contributed by atoms with Gasteiger partial charge in [0.1, 0.15) is 0 Å². The molecule has 0 saturated carbocycles. The van der Waals surface area contributed by atoms with Crippen LogP contribution in [0.3, 0.4) is 0 Å². The van der Waals surface area contributed by atoms with Crippen LogP contribution < -0.4 is 21.2 Å². The topological polar surface area (TPSA) is 0 Å². The molecule has 11 aromatic carbocycles. The first-order chi connectivity index (χ1) is 46.1. The van der Waals surface area contributed by atoms with Gasteiger partial charge in [0.25, 0.3) is 0 Å². The van der Waals surface area contributed by atoms with E-state index in [1.54, 1.807) is 0 Å². The Morgan fingerprint density at radius 3 is 0.520 bits per heavy atom. The maximum Gasteiger partial charge on any atom is 0.0233 e. The third kappa shape index (κ3) is 14.8. The third-order valence-corrected chi connectivity index (χ3v) is 25.8. The summed E-state index contributed by atoms with van der Waals surface area (Å²) in [6, 6.07) is 72.5. The first-order valence-corrected chi connectivity index (χ1v) is 40.2. The van der Waals surface area contributed by atoms with Gasteiger partial charge in [-0.3, -0.25) is 0 Å². The average Bonchev–Trinajstić information content (AvgIpc) is 0.727. The van der Waals surface area contributed by atoms with Crippen LogP contribution in [0.4, 0.5) is 0 Å². The van der Waals surface area contributed by atoms with Crippen LogP contribution in [0.25, 0.3) is 89.0 Å². The molecule has 0 amide bonds. The molecular weight excluding hydrogens is 1250 g/mol. The van der Waals surface area contributed by atoms with Crippen molar-refractivity contribution in [1.29, 1.82) is 0 Å². The van der Waals surface area contributed by atoms with Crippen molar-refractivity contribution in [3.63, 3.8) is 0 Å². The summed E-state index contributed by atoms with van der Waals surface area (Å²) in [5, 5.41) is 5.35. The lowest BCUT2D eigenvalue weighted by atomic mass is 9.81. The van der Waals surface area contributed by atoms with E-state index in [-0.39, 0.29) is 21.7 Å². The maximum atomic E-state index is 2.47. The highest BCUT2D eigenvalue weighted by atomic mass is 31.7. The van der Waals surface area contributed by atoms with E-state index in [1.165, 1.54) is 231 Å². The summed E-state index contributed by atoms with van der Waals surface area (Å²) in [5.41, 5.74) is 41.2. The van der Waals surface area contributed by atoms with Gasteiger partial charge in [0.2, 0.25) is 0 Å². The summed E-state index contributed by atoms with van der Waals surface area (Å²) in [4.78, 5) is 0. The first kappa shape index (κ1) is 71.9. The van der Waals surface area contributed by atoms with Crippen molar-refractivity contribution in [1.82, 2.24) is 0 Å². The molecule has 0 unspecified atom stereocenters. The lowest BCUT2D eigenvalue weighted by Gasteiger charge is -2.27. The molecule has 11 rings (SSSR count). The SMILES string of the molecule is Cc1cc(C)c(-c2cccc(-c3c(C)cc(C)cc3C)c2P=Pc2c(-c3ccc(C(C)(C)C)cc3)c(-c3ccc(C(C)(C)C)cc3)c(P=Pc3c(-c4c(C)cc(C)cc4C)cccc3-c3c(C)cc(C)cc3C)c(-c3ccc(C(C)(C)C)cc3)c2-c2ccc(C(C)(C)C)cc2)c(C)c1. The van der Waals surface area contributed by atoms with Crippen molar-refractivity contribution in [2.75, 3.05) is 0 Å². The molecule has 0 aliphatic carbocycles. The molecule has 0 radical (unpaired) electrons. The number of hydrogen-bond acceptors (Lipinski definition) is 0. The molecule has 0 spiro atoms. The van der Waals surface area contributed by atoms with Gasteiger partial charge in [-0.15, -0.1) is 0 Å². The van der Waals surface area contributed by atoms with E-state index in [1.807, 2.05) is 0 Å². The van der Waals surface area contributed by atoms with Crippen molar-refractivity contribution >= 4 is 52.7 Å². The second-order valence-electron chi connectivity index (χ2n) is 32.4. The molecule has 0 nitrogen and oxygen atoms in total. The molecule has 0 N–H and O–H groups in total. The fourth-order valence-electron chi connectivity index (χ4n) is 15.3. The van der Waals surface area contributed by atoms with Crippen molar-refractivity contribution in [2.24, 2.45) is 0 Å². The molecular formula is C94H102P4. The average molecular weight is 1360 g/mol. The zero-order chi connectivity index (χ0) is 70.8. The van der Waals surface area contributed by atoms with Gasteiger partial charge in [-0.05, 0) is 270 Å². The minimum Gasteiger partial charge on any atom is -0.0610 e. The van der Waals surface area contributed by atoms with E-state index in [0.29, 0.717) is 0 Å². The van der Waals surface area contributed by atoms with Gasteiger partial charge in [-0.2, -0.15) is 0 Å². The van der Waals surface area contributed by atoms with E-state index >= 15 is 0 Å². The van der Waals surface area contributed by atoms with Gasteiger partial charge < -0.3 is 0 Å². The van der Waals surface area contributed by atoms with Crippen LogP contribution >= 0.6 is 31.5 Å². The largest absolute Gasteiger partial charge is 0.0610 e. The zero-order valence-corrected chi connectivity index (χ0v) is 66.7. The highest BCUT2D eigenvalue weighted by Crippen LogP contribution is 2.49. The van der Waals surface area contributed by atoms with Crippen LogP contribution in [0.15, 0.2) is 182 Å². The van der Waals surface area contributed by atoms with Gasteiger partial charge in [0.05, 0.1) is 0 Å². The molecule has 0 bridgehead atoms. The fourth-order valence-corrected chi connectivity index (χ4v) is 22.0. The van der Waals surface area contributed by atoms with Gasteiger partial charge in [-0.25, -0.2) is 0 Å². The molecule has 0 atom stereocenters. The van der Waals surface area contributed by atoms with Gasteiger partial charge >= 0.3 is 0 Å². The minimum absolute atomic E-state index is 0.0540. The third-order valence-electron chi connectivity index (χ3n) is 20.0. The normalized spacial score (nSPS) is 12.4. The smallest absolute Gasteiger partial charge is 0.0233 e. The van der Waals surface area contributed by atoms with Crippen molar-refractivity contribution in [3.05, 3.63) is 271 Å². The number of rotatable bonds is 12. The van der Waals surface area contributed by atoms with E-state index in [0.717, 1.165) is 0 Å². The van der Waals surface area contributed by atoms with Crippen molar-refractivity contribution < 1.29 is 0 Å². The van der Waals surface area contributed by atoms with Gasteiger partial charge in [0.15, 0.2) is 0 Å². The predicted octanol–water partition coefficient (Wildman–Crippen LogP) is 27.4. The molecule has 98 heavy (non-hydrogen) atoms. The molecule has 11 aromatic rings. The highest BCUT2D eigenvalue weighted by Gasteiger charge is 2.31. The molecule has 0 fully saturated rings. The Kier molecular flexibility index (Phi) is 20.5. The van der Waals surface area contributed by atoms with Crippen LogP contribution in [0, 0.1) is 83.1 Å². The number of benzene rings is 11. The maximum absolute atomic E-state index is 2.47. The van der Waals surface area contributed by atoms with Crippen LogP contribution in [-0.4, -0.2) is 0 Å². The Labute approximate surface area is 596 Å². The summed E-state index contributed by atoms with van der Waals surface area (Å²) in [7, 11) is 4.69. The highest BCUT2D eigenvalue weighted by molar-refractivity contribution is 7.92. The predicted molar refractivity (Wildman–Crippen MR) is 441 cm³/mol. The Bertz CT molecular complexity index is 4240. The second-order valence-corrected chi connectivity index (χ2v) is 37.4. The van der Waals surface area contributed by atoms with E-state index in [9.17, 15) is 0 Å². The Hall–Kier alpha value is -7.38. The van der Waals surface area contributed by atoms with Crippen LogP contribution in [-0.2, 0) is 21.7 Å². The van der Waals surface area contributed by atoms with Gasteiger partial charge in [0, 0.05) is 43.5 Å². The summed E-state index contributed by atoms with van der Waals surface area (Å²) in [6.07, 6.45) is 0. The molecule has 0 aliphatic heterocycles. The van der Waals surface area contributed by atoms with E-state index in [4.69, 9.17) is 0 Å². The standard InChI is InChI=1S/C94H102P4/c1-55-47-59(5)79(60(6)48-55)75-27-25-28-76(80-61(7)49-56(2)50-62(80)8)87(75)95-97-89-83(67-31-39-71(40-32-67)91(13,14)15)85(69-35-43-73(44-36-69)93(19,20)21)90(86(70-37-45-74(46-38-70)94(22,23)24)84(89)68-33-41-72(42-34-68)92(16,17)18)98-96-88-77(81-63(9)51-57(3)52-64(81)10)29-26-30-78(88)82-65(11)53-58(4)54-66(82)12/h25-54H,1-24H3. The lowest BCUT2D eigenvalue weighted by Crippen LogP contribution is -2.18.